The minimum Gasteiger partial charge on any atom is -0.459 e. The summed E-state index contributed by atoms with van der Waals surface area (Å²) in [7, 11) is 0. The Hall–Kier alpha value is -2.54. The van der Waals surface area contributed by atoms with Crippen LogP contribution in [0.1, 0.15) is 19.4 Å². The van der Waals surface area contributed by atoms with Crippen molar-refractivity contribution in [2.45, 2.75) is 19.4 Å². The lowest BCUT2D eigenvalue weighted by atomic mass is 9.99. The van der Waals surface area contributed by atoms with Crippen molar-refractivity contribution in [1.29, 1.82) is 0 Å². The van der Waals surface area contributed by atoms with Crippen molar-refractivity contribution in [3.05, 3.63) is 48.2 Å². The number of benzene rings is 1. The first-order chi connectivity index (χ1) is 10.4. The topological polar surface area (TPSA) is 91.3 Å². The molecule has 1 aromatic rings. The van der Waals surface area contributed by atoms with Gasteiger partial charge >= 0.3 is 12.1 Å². The summed E-state index contributed by atoms with van der Waals surface area (Å²) in [6.07, 6.45) is 0.638. The molecule has 0 aliphatic rings. The molecular formula is C15H18O7. The molecular weight excluding hydrogens is 292 g/mol. The van der Waals surface area contributed by atoms with Crippen LogP contribution in [0.4, 0.5) is 4.79 Å². The Morgan fingerprint density at radius 3 is 2.41 bits per heavy atom. The predicted octanol–water partition coefficient (Wildman–Crippen LogP) is 2.62. The van der Waals surface area contributed by atoms with Crippen molar-refractivity contribution in [2.24, 2.45) is 0 Å². The standard InChI is InChI=1S/C15H18O7/c1-15(2,12-6-4-3-5-7-12)22-21-9-8-13(16)19-10-11-20-14(17)18/h3-9H,10-11H2,1-2H3,(H,17,18). The van der Waals surface area contributed by atoms with Crippen LogP contribution in [0.5, 0.6) is 0 Å². The molecule has 1 aromatic carbocycles. The largest absolute Gasteiger partial charge is 0.505 e. The summed E-state index contributed by atoms with van der Waals surface area (Å²) in [5, 5.41) is 8.21. The van der Waals surface area contributed by atoms with Gasteiger partial charge in [-0.15, -0.1) is 0 Å². The van der Waals surface area contributed by atoms with Crippen LogP contribution in [0.3, 0.4) is 0 Å². The molecule has 120 valence electrons. The fourth-order valence-corrected chi connectivity index (χ4v) is 1.44. The number of ether oxygens (including phenoxy) is 2. The Bertz CT molecular complexity index is 508. The molecule has 0 heterocycles. The van der Waals surface area contributed by atoms with E-state index in [2.05, 4.69) is 9.47 Å². The van der Waals surface area contributed by atoms with Crippen LogP contribution < -0.4 is 0 Å². The van der Waals surface area contributed by atoms with Crippen molar-refractivity contribution in [3.8, 4) is 0 Å². The second-order valence-electron chi connectivity index (χ2n) is 4.64. The van der Waals surface area contributed by atoms with Gasteiger partial charge in [0, 0.05) is 0 Å². The number of carboxylic acid groups (broad SMARTS) is 1. The SMILES string of the molecule is CC(C)(OOC=CC(=O)OCCOC(=O)O)c1ccccc1. The molecule has 0 aliphatic heterocycles. The van der Waals surface area contributed by atoms with Crippen molar-refractivity contribution in [1.82, 2.24) is 0 Å². The van der Waals surface area contributed by atoms with E-state index in [0.717, 1.165) is 17.9 Å². The molecule has 22 heavy (non-hydrogen) atoms. The molecule has 0 spiro atoms. The number of rotatable bonds is 8. The molecule has 0 amide bonds. The summed E-state index contributed by atoms with van der Waals surface area (Å²) in [6, 6.07) is 9.44. The van der Waals surface area contributed by atoms with Crippen LogP contribution in [-0.4, -0.2) is 30.4 Å². The predicted molar refractivity (Wildman–Crippen MR) is 75.7 cm³/mol. The molecule has 0 atom stereocenters. The molecule has 7 nitrogen and oxygen atoms in total. The zero-order valence-electron chi connectivity index (χ0n) is 12.4. The minimum absolute atomic E-state index is 0.175. The van der Waals surface area contributed by atoms with Crippen LogP contribution in [-0.2, 0) is 29.6 Å². The number of carbonyl (C=O) groups is 2. The summed E-state index contributed by atoms with van der Waals surface area (Å²) in [4.78, 5) is 31.4. The van der Waals surface area contributed by atoms with E-state index in [4.69, 9.17) is 14.9 Å². The molecule has 0 fully saturated rings. The zero-order chi connectivity index (χ0) is 16.4. The molecule has 0 aliphatic carbocycles. The van der Waals surface area contributed by atoms with Gasteiger partial charge in [-0.2, -0.15) is 4.89 Å². The summed E-state index contributed by atoms with van der Waals surface area (Å²) in [6.45, 7) is 3.23. The Morgan fingerprint density at radius 2 is 1.77 bits per heavy atom. The maximum Gasteiger partial charge on any atom is 0.505 e. The van der Waals surface area contributed by atoms with E-state index in [9.17, 15) is 9.59 Å². The summed E-state index contributed by atoms with van der Waals surface area (Å²) in [5.41, 5.74) is 0.224. The normalized spacial score (nSPS) is 11.2. The maximum absolute atomic E-state index is 11.2. The van der Waals surface area contributed by atoms with Gasteiger partial charge in [0.15, 0.2) is 0 Å². The smallest absolute Gasteiger partial charge is 0.459 e. The second-order valence-corrected chi connectivity index (χ2v) is 4.64. The summed E-state index contributed by atoms with van der Waals surface area (Å²) in [5.74, 6) is -0.699. The summed E-state index contributed by atoms with van der Waals surface area (Å²) < 4.78 is 8.83. The first-order valence-electron chi connectivity index (χ1n) is 6.51. The van der Waals surface area contributed by atoms with Gasteiger partial charge in [-0.25, -0.2) is 9.59 Å². The average molecular weight is 310 g/mol. The molecule has 7 heteroatoms. The Labute approximate surface area is 128 Å². The van der Waals surface area contributed by atoms with Crippen LogP contribution in [0.25, 0.3) is 0 Å². The highest BCUT2D eigenvalue weighted by molar-refractivity contribution is 5.81. The maximum atomic E-state index is 11.2. The van der Waals surface area contributed by atoms with E-state index in [1.807, 2.05) is 44.2 Å². The highest BCUT2D eigenvalue weighted by atomic mass is 17.2. The third kappa shape index (κ3) is 6.76. The summed E-state index contributed by atoms with van der Waals surface area (Å²) >= 11 is 0. The van der Waals surface area contributed by atoms with Crippen LogP contribution >= 0.6 is 0 Å². The molecule has 0 unspecified atom stereocenters. The lowest BCUT2D eigenvalue weighted by Gasteiger charge is -2.22. The van der Waals surface area contributed by atoms with Gasteiger partial charge < -0.3 is 19.5 Å². The van der Waals surface area contributed by atoms with Crippen LogP contribution in [0.15, 0.2) is 42.7 Å². The third-order valence-corrected chi connectivity index (χ3v) is 2.54. The number of hydrogen-bond acceptors (Lipinski definition) is 6. The number of hydrogen-bond donors (Lipinski definition) is 1. The van der Waals surface area contributed by atoms with Gasteiger partial charge in [-0.3, -0.25) is 0 Å². The average Bonchev–Trinajstić information content (AvgIpc) is 2.49. The van der Waals surface area contributed by atoms with Gasteiger partial charge in [-0.05, 0) is 19.4 Å². The molecule has 0 saturated heterocycles. The van der Waals surface area contributed by atoms with Gasteiger partial charge in [0.25, 0.3) is 0 Å². The quantitative estimate of drug-likeness (QED) is 0.197. The molecule has 0 bridgehead atoms. The number of carbonyl (C=O) groups excluding carboxylic acids is 1. The Balaban J connectivity index is 2.28. The van der Waals surface area contributed by atoms with E-state index >= 15 is 0 Å². The lowest BCUT2D eigenvalue weighted by molar-refractivity contribution is -0.321. The van der Waals surface area contributed by atoms with Crippen molar-refractivity contribution < 1.29 is 33.9 Å². The fraction of sp³-hybridized carbons (Fsp3) is 0.333. The van der Waals surface area contributed by atoms with Gasteiger partial charge in [0.05, 0.1) is 6.08 Å². The minimum atomic E-state index is -1.42. The highest BCUT2D eigenvalue weighted by Crippen LogP contribution is 2.24. The van der Waals surface area contributed by atoms with E-state index < -0.39 is 17.7 Å². The zero-order valence-corrected chi connectivity index (χ0v) is 12.4. The fourth-order valence-electron chi connectivity index (χ4n) is 1.44. The van der Waals surface area contributed by atoms with E-state index in [1.165, 1.54) is 0 Å². The van der Waals surface area contributed by atoms with Crippen molar-refractivity contribution in [3.63, 3.8) is 0 Å². The highest BCUT2D eigenvalue weighted by Gasteiger charge is 2.22. The van der Waals surface area contributed by atoms with E-state index in [0.29, 0.717) is 0 Å². The third-order valence-electron chi connectivity index (χ3n) is 2.54. The second kappa shape index (κ2) is 8.68. The van der Waals surface area contributed by atoms with E-state index in [-0.39, 0.29) is 13.2 Å². The van der Waals surface area contributed by atoms with Crippen molar-refractivity contribution >= 4 is 12.1 Å². The van der Waals surface area contributed by atoms with Crippen LogP contribution in [0.2, 0.25) is 0 Å². The number of esters is 1. The van der Waals surface area contributed by atoms with E-state index in [1.54, 1.807) is 0 Å². The Morgan fingerprint density at radius 1 is 1.14 bits per heavy atom. The van der Waals surface area contributed by atoms with Crippen molar-refractivity contribution in [2.75, 3.05) is 13.2 Å². The van der Waals surface area contributed by atoms with Gasteiger partial charge in [-0.1, -0.05) is 30.3 Å². The molecule has 0 saturated carbocycles. The first kappa shape index (κ1) is 17.5. The monoisotopic (exact) mass is 310 g/mol. The molecule has 0 aromatic heterocycles. The van der Waals surface area contributed by atoms with Gasteiger partial charge in [0.2, 0.25) is 0 Å². The lowest BCUT2D eigenvalue weighted by Crippen LogP contribution is -2.20. The van der Waals surface area contributed by atoms with Gasteiger partial charge in [0.1, 0.15) is 25.1 Å². The molecule has 1 rings (SSSR count). The first-order valence-corrected chi connectivity index (χ1v) is 6.51. The molecule has 0 radical (unpaired) electrons. The van der Waals surface area contributed by atoms with Crippen LogP contribution in [0, 0.1) is 0 Å². The molecule has 1 N–H and O–H groups in total. The Kier molecular flexibility index (Phi) is 6.91.